The fraction of sp³-hybridized carbons (Fsp3) is 0.286. The van der Waals surface area contributed by atoms with Gasteiger partial charge in [-0.15, -0.1) is 0 Å². The molecule has 1 unspecified atom stereocenters. The average Bonchev–Trinajstić information content (AvgIpc) is 2.61. The Labute approximate surface area is 149 Å². The summed E-state index contributed by atoms with van der Waals surface area (Å²) in [5.74, 6) is 1.35. The van der Waals surface area contributed by atoms with Crippen molar-refractivity contribution in [3.05, 3.63) is 66.2 Å². The minimum absolute atomic E-state index is 0.158. The maximum absolute atomic E-state index is 12.3. The molecule has 2 rings (SSSR count). The van der Waals surface area contributed by atoms with E-state index in [9.17, 15) is 4.79 Å². The summed E-state index contributed by atoms with van der Waals surface area (Å²) in [6, 6.07) is 14.4. The predicted molar refractivity (Wildman–Crippen MR) is 102 cm³/mol. The molecule has 0 fully saturated rings. The van der Waals surface area contributed by atoms with Crippen LogP contribution >= 0.6 is 0 Å². The Morgan fingerprint density at radius 2 is 1.68 bits per heavy atom. The molecule has 2 aromatic rings. The molecule has 0 aliphatic rings. The van der Waals surface area contributed by atoms with E-state index in [4.69, 9.17) is 9.47 Å². The number of ether oxygens (including phenoxy) is 2. The highest BCUT2D eigenvalue weighted by Crippen LogP contribution is 2.18. The molecule has 132 valence electrons. The van der Waals surface area contributed by atoms with Crippen LogP contribution in [0.15, 0.2) is 60.7 Å². The van der Waals surface area contributed by atoms with E-state index in [1.165, 1.54) is 0 Å². The van der Waals surface area contributed by atoms with Crippen molar-refractivity contribution in [2.24, 2.45) is 0 Å². The van der Waals surface area contributed by atoms with Crippen molar-refractivity contribution in [3.63, 3.8) is 0 Å². The molecule has 0 aromatic heterocycles. The van der Waals surface area contributed by atoms with Crippen molar-refractivity contribution < 1.29 is 14.3 Å². The molecule has 1 atom stereocenters. The Morgan fingerprint density at radius 3 is 2.24 bits per heavy atom. The van der Waals surface area contributed by atoms with E-state index >= 15 is 0 Å². The number of hydrogen-bond acceptors (Lipinski definition) is 3. The van der Waals surface area contributed by atoms with Crippen molar-refractivity contribution in [2.45, 2.75) is 33.3 Å². The monoisotopic (exact) mass is 339 g/mol. The smallest absolute Gasteiger partial charge is 0.255 e. The van der Waals surface area contributed by atoms with Gasteiger partial charge in [0.1, 0.15) is 18.1 Å². The fourth-order valence-corrected chi connectivity index (χ4v) is 2.04. The first-order valence-electron chi connectivity index (χ1n) is 8.43. The van der Waals surface area contributed by atoms with Gasteiger partial charge in [0.2, 0.25) is 0 Å². The lowest BCUT2D eigenvalue weighted by molar-refractivity contribution is 0.102. The molecule has 0 aliphatic heterocycles. The van der Waals surface area contributed by atoms with Gasteiger partial charge >= 0.3 is 0 Å². The van der Waals surface area contributed by atoms with Gasteiger partial charge < -0.3 is 14.8 Å². The van der Waals surface area contributed by atoms with Crippen LogP contribution in [0.4, 0.5) is 5.69 Å². The average molecular weight is 339 g/mol. The number of rotatable bonds is 8. The number of carbonyl (C=O) groups excluding carboxylic acids is 1. The highest BCUT2D eigenvalue weighted by atomic mass is 16.5. The van der Waals surface area contributed by atoms with Gasteiger partial charge in [0.25, 0.3) is 5.91 Å². The number of nitrogens with one attached hydrogen (secondary N) is 1. The summed E-state index contributed by atoms with van der Waals surface area (Å²) in [5.41, 5.74) is 2.25. The van der Waals surface area contributed by atoms with Crippen LogP contribution in [0, 0.1) is 0 Å². The molecular weight excluding hydrogens is 314 g/mol. The van der Waals surface area contributed by atoms with Crippen LogP contribution in [-0.4, -0.2) is 18.6 Å². The molecule has 1 amide bonds. The third-order valence-corrected chi connectivity index (χ3v) is 3.63. The number of anilines is 1. The first-order valence-corrected chi connectivity index (χ1v) is 8.43. The molecule has 2 aromatic carbocycles. The number of carbonyl (C=O) groups is 1. The summed E-state index contributed by atoms with van der Waals surface area (Å²) in [6.07, 6.45) is 1.10. The highest BCUT2D eigenvalue weighted by molar-refractivity contribution is 6.04. The van der Waals surface area contributed by atoms with Gasteiger partial charge in [-0.25, -0.2) is 0 Å². The standard InChI is InChI=1S/C21H25NO3/c1-5-16(4)25-20-10-6-17(7-11-20)21(23)22-18-8-12-19(13-9-18)24-14-15(2)3/h6-13,16H,2,5,14H2,1,3-4H3,(H,22,23). The Bertz CT molecular complexity index is 705. The topological polar surface area (TPSA) is 47.6 Å². The molecule has 25 heavy (non-hydrogen) atoms. The van der Waals surface area contributed by atoms with Crippen LogP contribution in [-0.2, 0) is 0 Å². The molecule has 0 saturated heterocycles. The summed E-state index contributed by atoms with van der Waals surface area (Å²) in [6.45, 7) is 10.3. The summed E-state index contributed by atoms with van der Waals surface area (Å²) in [7, 11) is 0. The third kappa shape index (κ3) is 5.99. The molecule has 0 bridgehead atoms. The van der Waals surface area contributed by atoms with E-state index in [2.05, 4.69) is 18.8 Å². The summed E-state index contributed by atoms with van der Waals surface area (Å²) in [4.78, 5) is 12.3. The molecule has 4 heteroatoms. The van der Waals surface area contributed by atoms with Gasteiger partial charge in [-0.05, 0) is 74.4 Å². The van der Waals surface area contributed by atoms with Crippen molar-refractivity contribution in [2.75, 3.05) is 11.9 Å². The van der Waals surface area contributed by atoms with E-state index in [0.29, 0.717) is 17.9 Å². The van der Waals surface area contributed by atoms with Crippen LogP contribution in [0.2, 0.25) is 0 Å². The second-order valence-electron chi connectivity index (χ2n) is 6.09. The predicted octanol–water partition coefficient (Wildman–Crippen LogP) is 5.07. The number of benzene rings is 2. The zero-order valence-corrected chi connectivity index (χ0v) is 15.0. The lowest BCUT2D eigenvalue weighted by atomic mass is 10.2. The van der Waals surface area contributed by atoms with Crippen molar-refractivity contribution in [1.29, 1.82) is 0 Å². The van der Waals surface area contributed by atoms with Crippen LogP contribution in [0.5, 0.6) is 11.5 Å². The summed E-state index contributed by atoms with van der Waals surface area (Å²) in [5, 5.41) is 2.87. The van der Waals surface area contributed by atoms with Gasteiger partial charge in [0.15, 0.2) is 0 Å². The van der Waals surface area contributed by atoms with Crippen LogP contribution in [0.1, 0.15) is 37.6 Å². The van der Waals surface area contributed by atoms with Crippen LogP contribution in [0.25, 0.3) is 0 Å². The first-order chi connectivity index (χ1) is 12.0. The second kappa shape index (κ2) is 8.92. The molecule has 0 saturated carbocycles. The molecule has 4 nitrogen and oxygen atoms in total. The van der Waals surface area contributed by atoms with Crippen LogP contribution < -0.4 is 14.8 Å². The number of amides is 1. The van der Waals surface area contributed by atoms with Gasteiger partial charge in [0, 0.05) is 11.3 Å². The van der Waals surface area contributed by atoms with Gasteiger partial charge in [0.05, 0.1) is 6.10 Å². The first kappa shape index (κ1) is 18.6. The van der Waals surface area contributed by atoms with E-state index < -0.39 is 0 Å². The van der Waals surface area contributed by atoms with Gasteiger partial charge in [-0.3, -0.25) is 4.79 Å². The number of hydrogen-bond donors (Lipinski definition) is 1. The largest absolute Gasteiger partial charge is 0.491 e. The Hall–Kier alpha value is -2.75. The van der Waals surface area contributed by atoms with Gasteiger partial charge in [-0.2, -0.15) is 0 Å². The molecule has 0 heterocycles. The molecule has 0 spiro atoms. The summed E-state index contributed by atoms with van der Waals surface area (Å²) >= 11 is 0. The Morgan fingerprint density at radius 1 is 1.08 bits per heavy atom. The normalized spacial score (nSPS) is 11.5. The van der Waals surface area contributed by atoms with Crippen molar-refractivity contribution >= 4 is 11.6 Å². The highest BCUT2D eigenvalue weighted by Gasteiger charge is 2.07. The van der Waals surface area contributed by atoms with E-state index in [1.807, 2.05) is 50.2 Å². The van der Waals surface area contributed by atoms with E-state index in [0.717, 1.165) is 23.5 Å². The van der Waals surface area contributed by atoms with E-state index in [-0.39, 0.29) is 12.0 Å². The minimum atomic E-state index is -0.161. The molecule has 0 radical (unpaired) electrons. The molecular formula is C21H25NO3. The minimum Gasteiger partial charge on any atom is -0.491 e. The zero-order chi connectivity index (χ0) is 18.2. The van der Waals surface area contributed by atoms with Gasteiger partial charge in [-0.1, -0.05) is 13.5 Å². The lowest BCUT2D eigenvalue weighted by Gasteiger charge is -2.13. The maximum atomic E-state index is 12.3. The summed E-state index contributed by atoms with van der Waals surface area (Å²) < 4.78 is 11.3. The van der Waals surface area contributed by atoms with Crippen molar-refractivity contribution in [3.8, 4) is 11.5 Å². The Kier molecular flexibility index (Phi) is 6.63. The lowest BCUT2D eigenvalue weighted by Crippen LogP contribution is -2.12. The molecule has 1 N–H and O–H groups in total. The van der Waals surface area contributed by atoms with Crippen molar-refractivity contribution in [1.82, 2.24) is 0 Å². The SMILES string of the molecule is C=C(C)COc1ccc(NC(=O)c2ccc(OC(C)CC)cc2)cc1. The molecule has 0 aliphatic carbocycles. The van der Waals surface area contributed by atoms with Crippen LogP contribution in [0.3, 0.4) is 0 Å². The zero-order valence-electron chi connectivity index (χ0n) is 15.0. The quantitative estimate of drug-likeness (QED) is 0.683. The maximum Gasteiger partial charge on any atom is 0.255 e. The third-order valence-electron chi connectivity index (χ3n) is 3.63. The fourth-order valence-electron chi connectivity index (χ4n) is 2.04. The van der Waals surface area contributed by atoms with E-state index in [1.54, 1.807) is 12.1 Å². The second-order valence-corrected chi connectivity index (χ2v) is 6.09. The Balaban J connectivity index is 1.93.